The van der Waals surface area contributed by atoms with Gasteiger partial charge < -0.3 is 5.32 Å². The summed E-state index contributed by atoms with van der Waals surface area (Å²) in [6.07, 6.45) is 0. The van der Waals surface area contributed by atoms with E-state index in [1.807, 2.05) is 26.0 Å². The monoisotopic (exact) mass is 319 g/mol. The van der Waals surface area contributed by atoms with Gasteiger partial charge in [0.1, 0.15) is 0 Å². The van der Waals surface area contributed by atoms with E-state index < -0.39 is 0 Å². The molecule has 2 rings (SSSR count). The van der Waals surface area contributed by atoms with Crippen LogP contribution in [0.2, 0.25) is 0 Å². The van der Waals surface area contributed by atoms with Crippen molar-refractivity contribution in [2.45, 2.75) is 32.9 Å². The Kier molecular flexibility index (Phi) is 5.54. The molecule has 6 nitrogen and oxygen atoms in total. The second kappa shape index (κ2) is 7.40. The molecule has 0 radical (unpaired) electrons. The Morgan fingerprint density at radius 3 is 2.86 bits per heavy atom. The number of aryl methyl sites for hydroxylation is 2. The Balaban J connectivity index is 2.07. The summed E-state index contributed by atoms with van der Waals surface area (Å²) in [7, 11) is 0. The fraction of sp³-hybridized carbons (Fsp3) is 0.467. The lowest BCUT2D eigenvalue weighted by Gasteiger charge is -2.09. The van der Waals surface area contributed by atoms with Gasteiger partial charge in [-0.1, -0.05) is 37.7 Å². The summed E-state index contributed by atoms with van der Waals surface area (Å²) in [4.78, 5) is 11.8. The average molecular weight is 319 g/mol. The van der Waals surface area contributed by atoms with Crippen LogP contribution in [0, 0.1) is 19.8 Å². The van der Waals surface area contributed by atoms with Crippen molar-refractivity contribution in [1.29, 1.82) is 0 Å². The first-order valence-electron chi connectivity index (χ1n) is 7.23. The molecule has 2 aromatic rings. The van der Waals surface area contributed by atoms with Crippen LogP contribution < -0.4 is 5.32 Å². The lowest BCUT2D eigenvalue weighted by Crippen LogP contribution is -2.28. The second-order valence-electron chi connectivity index (χ2n) is 5.65. The Bertz CT molecular complexity index is 653. The molecular formula is C15H21N5OS. The zero-order valence-electron chi connectivity index (χ0n) is 13.3. The maximum atomic E-state index is 11.8. The summed E-state index contributed by atoms with van der Waals surface area (Å²) in [6.45, 7) is 8.85. The summed E-state index contributed by atoms with van der Waals surface area (Å²) in [5.41, 5.74) is 3.17. The lowest BCUT2D eigenvalue weighted by atomic mass is 10.1. The largest absolute Gasteiger partial charge is 0.355 e. The molecule has 0 bridgehead atoms. The van der Waals surface area contributed by atoms with Crippen molar-refractivity contribution in [3.05, 3.63) is 29.3 Å². The van der Waals surface area contributed by atoms with Crippen LogP contribution in [0.25, 0.3) is 5.69 Å². The van der Waals surface area contributed by atoms with Crippen molar-refractivity contribution in [1.82, 2.24) is 25.5 Å². The van der Waals surface area contributed by atoms with Crippen molar-refractivity contribution in [2.75, 3.05) is 12.3 Å². The number of aromatic nitrogens is 4. The van der Waals surface area contributed by atoms with Gasteiger partial charge in [-0.05, 0) is 47.4 Å². The molecule has 1 heterocycles. The molecule has 1 N–H and O–H groups in total. The SMILES string of the molecule is Cc1ccc(C)c(-n2nnnc2SCC(=O)NCC(C)C)c1. The molecule has 1 amide bonds. The molecule has 0 aliphatic carbocycles. The third-order valence-electron chi connectivity index (χ3n) is 3.07. The van der Waals surface area contributed by atoms with E-state index in [0.29, 0.717) is 23.4 Å². The number of hydrogen-bond acceptors (Lipinski definition) is 5. The molecule has 0 aliphatic rings. The van der Waals surface area contributed by atoms with E-state index in [4.69, 9.17) is 0 Å². The number of thioether (sulfide) groups is 1. The molecule has 118 valence electrons. The number of carbonyl (C=O) groups is 1. The molecule has 0 saturated heterocycles. The number of amides is 1. The van der Waals surface area contributed by atoms with Gasteiger partial charge in [0.25, 0.3) is 0 Å². The fourth-order valence-corrected chi connectivity index (χ4v) is 2.58. The number of benzene rings is 1. The van der Waals surface area contributed by atoms with Crippen molar-refractivity contribution < 1.29 is 4.79 Å². The van der Waals surface area contributed by atoms with E-state index in [-0.39, 0.29) is 5.91 Å². The van der Waals surface area contributed by atoms with Crippen LogP contribution in [0.1, 0.15) is 25.0 Å². The highest BCUT2D eigenvalue weighted by Crippen LogP contribution is 2.21. The minimum atomic E-state index is -0.00536. The number of nitrogens with one attached hydrogen (secondary N) is 1. The highest BCUT2D eigenvalue weighted by molar-refractivity contribution is 7.99. The molecular weight excluding hydrogens is 298 g/mol. The van der Waals surface area contributed by atoms with Crippen LogP contribution in [0.15, 0.2) is 23.4 Å². The summed E-state index contributed by atoms with van der Waals surface area (Å²) < 4.78 is 1.68. The Morgan fingerprint density at radius 1 is 1.36 bits per heavy atom. The summed E-state index contributed by atoms with van der Waals surface area (Å²) in [5.74, 6) is 0.737. The quantitative estimate of drug-likeness (QED) is 0.826. The topological polar surface area (TPSA) is 72.7 Å². The maximum absolute atomic E-state index is 11.8. The van der Waals surface area contributed by atoms with E-state index in [2.05, 4.69) is 40.8 Å². The first kappa shape index (κ1) is 16.5. The molecule has 22 heavy (non-hydrogen) atoms. The molecule has 0 saturated carbocycles. The number of carbonyl (C=O) groups excluding carboxylic acids is 1. The van der Waals surface area contributed by atoms with Gasteiger partial charge in [0.15, 0.2) is 0 Å². The summed E-state index contributed by atoms with van der Waals surface area (Å²) in [6, 6.07) is 6.13. The standard InChI is InChI=1S/C15H21N5OS/c1-10(2)8-16-14(21)9-22-15-17-18-19-20(15)13-7-11(3)5-6-12(13)4/h5-7,10H,8-9H2,1-4H3,(H,16,21). The van der Waals surface area contributed by atoms with Gasteiger partial charge in [-0.25, -0.2) is 0 Å². The first-order valence-corrected chi connectivity index (χ1v) is 8.21. The van der Waals surface area contributed by atoms with E-state index >= 15 is 0 Å². The minimum Gasteiger partial charge on any atom is -0.355 e. The highest BCUT2D eigenvalue weighted by atomic mass is 32.2. The Morgan fingerprint density at radius 2 is 2.14 bits per heavy atom. The fourth-order valence-electron chi connectivity index (χ4n) is 1.87. The molecule has 0 unspecified atom stereocenters. The third kappa shape index (κ3) is 4.30. The third-order valence-corrected chi connectivity index (χ3v) is 3.99. The van der Waals surface area contributed by atoms with Crippen molar-refractivity contribution >= 4 is 17.7 Å². The Labute approximate surface area is 134 Å². The van der Waals surface area contributed by atoms with Gasteiger partial charge in [0.05, 0.1) is 11.4 Å². The number of hydrogen-bond donors (Lipinski definition) is 1. The van der Waals surface area contributed by atoms with Crippen LogP contribution in [-0.2, 0) is 4.79 Å². The Hall–Kier alpha value is -1.89. The normalized spacial score (nSPS) is 11.0. The van der Waals surface area contributed by atoms with Crippen LogP contribution >= 0.6 is 11.8 Å². The molecule has 0 spiro atoms. The van der Waals surface area contributed by atoms with Crippen LogP contribution in [0.4, 0.5) is 0 Å². The molecule has 0 fully saturated rings. The second-order valence-corrected chi connectivity index (χ2v) is 6.59. The number of rotatable bonds is 6. The first-order chi connectivity index (χ1) is 10.5. The van der Waals surface area contributed by atoms with Crippen molar-refractivity contribution in [3.8, 4) is 5.69 Å². The van der Waals surface area contributed by atoms with Gasteiger partial charge in [0, 0.05) is 6.54 Å². The predicted octanol–water partition coefficient (Wildman–Crippen LogP) is 2.14. The lowest BCUT2D eigenvalue weighted by molar-refractivity contribution is -0.118. The van der Waals surface area contributed by atoms with E-state index in [1.54, 1.807) is 4.68 Å². The van der Waals surface area contributed by atoms with Gasteiger partial charge >= 0.3 is 0 Å². The van der Waals surface area contributed by atoms with E-state index in [0.717, 1.165) is 16.8 Å². The summed E-state index contributed by atoms with van der Waals surface area (Å²) >= 11 is 1.34. The number of nitrogens with zero attached hydrogens (tertiary/aromatic N) is 4. The van der Waals surface area contributed by atoms with Gasteiger partial charge in [-0.15, -0.1) is 5.10 Å². The predicted molar refractivity (Wildman–Crippen MR) is 87.2 cm³/mol. The van der Waals surface area contributed by atoms with Gasteiger partial charge in [0.2, 0.25) is 11.1 Å². The zero-order valence-corrected chi connectivity index (χ0v) is 14.1. The smallest absolute Gasteiger partial charge is 0.230 e. The van der Waals surface area contributed by atoms with Crippen LogP contribution in [-0.4, -0.2) is 38.4 Å². The van der Waals surface area contributed by atoms with Crippen LogP contribution in [0.5, 0.6) is 0 Å². The summed E-state index contributed by atoms with van der Waals surface area (Å²) in [5, 5.41) is 15.3. The van der Waals surface area contributed by atoms with E-state index in [1.165, 1.54) is 11.8 Å². The molecule has 1 aromatic heterocycles. The zero-order chi connectivity index (χ0) is 16.1. The van der Waals surface area contributed by atoms with Gasteiger partial charge in [-0.2, -0.15) is 4.68 Å². The number of tetrazole rings is 1. The highest BCUT2D eigenvalue weighted by Gasteiger charge is 2.13. The molecule has 1 aromatic carbocycles. The maximum Gasteiger partial charge on any atom is 0.230 e. The molecule has 0 atom stereocenters. The van der Waals surface area contributed by atoms with Crippen molar-refractivity contribution in [3.63, 3.8) is 0 Å². The average Bonchev–Trinajstić information content (AvgIpc) is 2.93. The van der Waals surface area contributed by atoms with Crippen molar-refractivity contribution in [2.24, 2.45) is 5.92 Å². The molecule has 0 aliphatic heterocycles. The minimum absolute atomic E-state index is 0.00536. The van der Waals surface area contributed by atoms with Crippen LogP contribution in [0.3, 0.4) is 0 Å². The van der Waals surface area contributed by atoms with E-state index in [9.17, 15) is 4.79 Å². The van der Waals surface area contributed by atoms with Gasteiger partial charge in [-0.3, -0.25) is 4.79 Å². The molecule has 7 heteroatoms.